The number of aromatic nitrogens is 1. The summed E-state index contributed by atoms with van der Waals surface area (Å²) in [5.74, 6) is -0.347. The summed E-state index contributed by atoms with van der Waals surface area (Å²) >= 11 is 1.38. The van der Waals surface area contributed by atoms with Gasteiger partial charge in [0.15, 0.2) is 5.69 Å². The predicted octanol–water partition coefficient (Wildman–Crippen LogP) is -1.09. The first-order valence-electron chi connectivity index (χ1n) is 5.08. The monoisotopic (exact) mass is 284 g/mol. The molecule has 0 fully saturated rings. The van der Waals surface area contributed by atoms with E-state index in [1.807, 2.05) is 31.2 Å². The van der Waals surface area contributed by atoms with Crippen LogP contribution in [0.1, 0.15) is 15.5 Å². The lowest BCUT2D eigenvalue weighted by molar-refractivity contribution is -0.384. The molecule has 0 radical (unpaired) electrons. The highest BCUT2D eigenvalue weighted by Crippen LogP contribution is 2.28. The lowest BCUT2D eigenvalue weighted by atomic mass is 10.1. The molecule has 1 heterocycles. The van der Waals surface area contributed by atoms with Gasteiger partial charge in [0, 0.05) is 12.6 Å². The number of halogens is 1. The van der Waals surface area contributed by atoms with E-state index in [1.165, 1.54) is 18.4 Å². The van der Waals surface area contributed by atoms with Crippen LogP contribution in [0, 0.1) is 6.92 Å². The van der Waals surface area contributed by atoms with Gasteiger partial charge in [-0.05, 0) is 17.7 Å². The Balaban J connectivity index is 0.00000162. The molecule has 0 spiro atoms. The summed E-state index contributed by atoms with van der Waals surface area (Å²) in [6.07, 6.45) is 0. The Bertz CT molecular complexity index is 552. The van der Waals surface area contributed by atoms with Gasteiger partial charge in [-0.3, -0.25) is 0 Å². The maximum Gasteiger partial charge on any atom is 0.414 e. The second kappa shape index (κ2) is 5.84. The quantitative estimate of drug-likeness (QED) is 0.563. The summed E-state index contributed by atoms with van der Waals surface area (Å²) in [5, 5.41) is 0.497. The van der Waals surface area contributed by atoms with E-state index in [0.717, 1.165) is 21.8 Å². The van der Waals surface area contributed by atoms with Crippen LogP contribution >= 0.6 is 11.3 Å². The number of carbonyl (C=O) groups excluding carboxylic acids is 1. The molecule has 18 heavy (non-hydrogen) atoms. The fourth-order valence-corrected chi connectivity index (χ4v) is 2.56. The number of rotatable bonds is 2. The van der Waals surface area contributed by atoms with Gasteiger partial charge in [0.05, 0.1) is 7.11 Å². The molecule has 96 valence electrons. The summed E-state index contributed by atoms with van der Waals surface area (Å²) in [6.45, 7) is 1.93. The number of esters is 1. The van der Waals surface area contributed by atoms with Crippen LogP contribution < -0.4 is 23.1 Å². The first-order valence-corrected chi connectivity index (χ1v) is 5.90. The second-order valence-corrected chi connectivity index (χ2v) is 4.64. The zero-order valence-corrected chi connectivity index (χ0v) is 11.6. The molecule has 0 aliphatic carbocycles. The summed E-state index contributed by atoms with van der Waals surface area (Å²) in [6, 6.07) is 7.55. The number of hydrogen-bond acceptors (Lipinski definition) is 4. The average molecular weight is 285 g/mol. The summed E-state index contributed by atoms with van der Waals surface area (Å²) in [5.41, 5.74) is 8.34. The largest absolute Gasteiger partial charge is 1.00 e. The highest BCUT2D eigenvalue weighted by molar-refractivity contribution is 7.16. The predicted molar refractivity (Wildman–Crippen MR) is 66.8 cm³/mol. The van der Waals surface area contributed by atoms with Gasteiger partial charge in [0.1, 0.15) is 4.88 Å². The molecule has 1 aromatic carbocycles. The van der Waals surface area contributed by atoms with Gasteiger partial charge in [-0.1, -0.05) is 23.5 Å². The lowest BCUT2D eigenvalue weighted by Gasteiger charge is -1.96. The number of aryl methyl sites for hydroxylation is 1. The van der Waals surface area contributed by atoms with E-state index in [9.17, 15) is 4.79 Å². The molecule has 0 bridgehead atoms. The number of thiazole rings is 1. The Kier molecular flexibility index (Phi) is 4.69. The molecule has 0 amide bonds. The summed E-state index contributed by atoms with van der Waals surface area (Å²) < 4.78 is 4.68. The number of nitrogens with one attached hydrogen (secondary N) is 1. The molecule has 0 saturated carbocycles. The summed E-state index contributed by atoms with van der Waals surface area (Å²) in [7, 11) is 1.37. The Hall–Kier alpha value is -1.59. The third-order valence-electron chi connectivity index (χ3n) is 2.39. The van der Waals surface area contributed by atoms with Crippen LogP contribution in [-0.4, -0.2) is 13.1 Å². The maximum atomic E-state index is 11.4. The van der Waals surface area contributed by atoms with Crippen molar-refractivity contribution in [1.82, 2.24) is 0 Å². The average Bonchev–Trinajstić information content (AvgIpc) is 2.71. The first-order chi connectivity index (χ1) is 8.11. The Morgan fingerprint density at radius 1 is 1.33 bits per heavy atom. The van der Waals surface area contributed by atoms with E-state index in [4.69, 9.17) is 5.73 Å². The van der Waals surface area contributed by atoms with Gasteiger partial charge < -0.3 is 22.9 Å². The van der Waals surface area contributed by atoms with Gasteiger partial charge in [-0.25, -0.2) is 4.79 Å². The standard InChI is InChI=1S/C12H12N2O2S.ClH/c1-7-10(8-3-5-9(13)6-4-8)17-11(14-7)12(15)16-2;/h3-6H,13H2,1-2H3;1H. The van der Waals surface area contributed by atoms with E-state index >= 15 is 0 Å². The molecule has 0 atom stereocenters. The SMILES string of the molecule is COC(=O)c1[nH+]c(C)c(-c2ccc(N)cc2)s1.[Cl-]. The lowest BCUT2D eigenvalue weighted by Crippen LogP contribution is -3.00. The molecule has 2 rings (SSSR count). The Morgan fingerprint density at radius 2 is 1.94 bits per heavy atom. The minimum absolute atomic E-state index is 0. The van der Waals surface area contributed by atoms with Crippen molar-refractivity contribution in [3.63, 3.8) is 0 Å². The van der Waals surface area contributed by atoms with E-state index < -0.39 is 0 Å². The van der Waals surface area contributed by atoms with Gasteiger partial charge >= 0.3 is 11.0 Å². The molecule has 1 aromatic heterocycles. The molecule has 4 nitrogen and oxygen atoms in total. The van der Waals surface area contributed by atoms with Crippen LogP contribution in [0.5, 0.6) is 0 Å². The van der Waals surface area contributed by atoms with Gasteiger partial charge in [0.2, 0.25) is 0 Å². The second-order valence-electron chi connectivity index (χ2n) is 3.62. The highest BCUT2D eigenvalue weighted by Gasteiger charge is 2.22. The van der Waals surface area contributed by atoms with Gasteiger partial charge in [-0.15, -0.1) is 0 Å². The van der Waals surface area contributed by atoms with Crippen LogP contribution in [-0.2, 0) is 4.74 Å². The van der Waals surface area contributed by atoms with E-state index in [0.29, 0.717) is 5.01 Å². The van der Waals surface area contributed by atoms with Gasteiger partial charge in [-0.2, -0.15) is 4.98 Å². The van der Waals surface area contributed by atoms with Crippen molar-refractivity contribution in [2.75, 3.05) is 12.8 Å². The molecule has 3 N–H and O–H groups in total. The van der Waals surface area contributed by atoms with Crippen molar-refractivity contribution in [1.29, 1.82) is 0 Å². The molecular weight excluding hydrogens is 272 g/mol. The zero-order valence-electron chi connectivity index (χ0n) is 9.99. The zero-order chi connectivity index (χ0) is 12.4. The Morgan fingerprint density at radius 3 is 2.50 bits per heavy atom. The number of anilines is 1. The van der Waals surface area contributed by atoms with Crippen molar-refractivity contribution in [3.05, 3.63) is 35.0 Å². The van der Waals surface area contributed by atoms with Crippen molar-refractivity contribution in [2.24, 2.45) is 0 Å². The number of nitrogen functional groups attached to an aromatic ring is 1. The molecule has 0 aliphatic heterocycles. The number of ether oxygens (including phenoxy) is 1. The van der Waals surface area contributed by atoms with Crippen molar-refractivity contribution < 1.29 is 26.9 Å². The molecule has 2 aromatic rings. The number of benzene rings is 1. The van der Waals surface area contributed by atoms with Crippen LogP contribution in [0.15, 0.2) is 24.3 Å². The summed E-state index contributed by atoms with van der Waals surface area (Å²) in [4.78, 5) is 15.4. The van der Waals surface area contributed by atoms with E-state index in [1.54, 1.807) is 0 Å². The smallest absolute Gasteiger partial charge is 0.414 e. The number of H-pyrrole nitrogens is 1. The van der Waals surface area contributed by atoms with Crippen LogP contribution in [0.25, 0.3) is 10.4 Å². The molecule has 0 aliphatic rings. The third kappa shape index (κ3) is 2.80. The third-order valence-corrected chi connectivity index (χ3v) is 3.61. The van der Waals surface area contributed by atoms with Crippen molar-refractivity contribution in [2.45, 2.75) is 6.92 Å². The number of carbonyl (C=O) groups is 1. The topological polar surface area (TPSA) is 66.5 Å². The maximum absolute atomic E-state index is 11.4. The Labute approximate surface area is 115 Å². The number of aromatic amines is 1. The van der Waals surface area contributed by atoms with Crippen molar-refractivity contribution >= 4 is 23.0 Å². The molecule has 0 saturated heterocycles. The fourth-order valence-electron chi connectivity index (χ4n) is 1.53. The molecule has 0 unspecified atom stereocenters. The number of hydrogen-bond donors (Lipinski definition) is 1. The van der Waals surface area contributed by atoms with E-state index in [2.05, 4.69) is 9.72 Å². The van der Waals surface area contributed by atoms with Crippen LogP contribution in [0.3, 0.4) is 0 Å². The highest BCUT2D eigenvalue weighted by atomic mass is 35.5. The van der Waals surface area contributed by atoms with Gasteiger partial charge in [0.25, 0.3) is 0 Å². The molecule has 6 heteroatoms. The number of nitrogens with two attached hydrogens (primary N) is 1. The molecular formula is C12H13ClN2O2S. The van der Waals surface area contributed by atoms with E-state index in [-0.39, 0.29) is 18.4 Å². The van der Waals surface area contributed by atoms with Crippen molar-refractivity contribution in [3.8, 4) is 10.4 Å². The van der Waals surface area contributed by atoms with Crippen LogP contribution in [0.4, 0.5) is 5.69 Å². The van der Waals surface area contributed by atoms with Crippen LogP contribution in [0.2, 0.25) is 0 Å². The minimum atomic E-state index is -0.347. The normalized spacial score (nSPS) is 9.67. The first kappa shape index (κ1) is 14.5. The minimum Gasteiger partial charge on any atom is -1.00 e. The number of methoxy groups -OCH3 is 1. The fraction of sp³-hybridized carbons (Fsp3) is 0.167.